The maximum Gasteiger partial charge on any atom is 0.273 e. The van der Waals surface area contributed by atoms with Gasteiger partial charge in [0.15, 0.2) is 5.69 Å². The van der Waals surface area contributed by atoms with Gasteiger partial charge in [-0.2, -0.15) is 15.4 Å². The number of halogens is 1. The number of carbonyl (C=O) groups is 1. The van der Waals surface area contributed by atoms with E-state index in [4.69, 9.17) is 16.3 Å². The lowest BCUT2D eigenvalue weighted by Gasteiger charge is -2.15. The van der Waals surface area contributed by atoms with E-state index in [9.17, 15) is 4.79 Å². The third-order valence-corrected chi connectivity index (χ3v) is 2.60. The van der Waals surface area contributed by atoms with Gasteiger partial charge in [-0.15, -0.1) is 0 Å². The van der Waals surface area contributed by atoms with Gasteiger partial charge in [-0.05, 0) is 31.2 Å². The summed E-state index contributed by atoms with van der Waals surface area (Å²) in [5.41, 5.74) is 0.249. The van der Waals surface area contributed by atoms with Crippen LogP contribution in [0, 0.1) is 0 Å². The standard InChI is InChI=1S/C12H13ClN4O2/c1-8(19-10-4-2-9(13)3-5-10)6-14-12(18)11-7-15-17-16-11/h2-5,7-8H,6H2,1H3,(H,14,18)(H,15,16,17)/t8-/m0/s1. The SMILES string of the molecule is C[C@@H](CNC(=O)c1cn[nH]n1)Oc1ccc(Cl)cc1. The average molecular weight is 281 g/mol. The molecular formula is C12H13ClN4O2. The minimum atomic E-state index is -0.291. The van der Waals surface area contributed by atoms with Gasteiger partial charge >= 0.3 is 0 Å². The number of hydrogen-bond acceptors (Lipinski definition) is 4. The maximum absolute atomic E-state index is 11.6. The first-order valence-corrected chi connectivity index (χ1v) is 6.09. The Bertz CT molecular complexity index is 527. The van der Waals surface area contributed by atoms with Gasteiger partial charge in [0.25, 0.3) is 5.91 Å². The molecule has 0 aliphatic rings. The van der Waals surface area contributed by atoms with Crippen LogP contribution in [-0.2, 0) is 0 Å². The lowest BCUT2D eigenvalue weighted by atomic mass is 10.3. The fraction of sp³-hybridized carbons (Fsp3) is 0.250. The summed E-state index contributed by atoms with van der Waals surface area (Å²) in [5.74, 6) is 0.410. The van der Waals surface area contributed by atoms with Gasteiger partial charge in [-0.1, -0.05) is 11.6 Å². The first-order valence-electron chi connectivity index (χ1n) is 5.71. The molecule has 0 aliphatic heterocycles. The van der Waals surface area contributed by atoms with Crippen molar-refractivity contribution in [2.45, 2.75) is 13.0 Å². The third kappa shape index (κ3) is 3.96. The number of ether oxygens (including phenoxy) is 1. The highest BCUT2D eigenvalue weighted by atomic mass is 35.5. The minimum Gasteiger partial charge on any atom is -0.489 e. The molecule has 2 aromatic rings. The monoisotopic (exact) mass is 280 g/mol. The quantitative estimate of drug-likeness (QED) is 0.873. The van der Waals surface area contributed by atoms with Crippen LogP contribution in [0.15, 0.2) is 30.5 Å². The van der Waals surface area contributed by atoms with Crippen molar-refractivity contribution in [3.8, 4) is 5.75 Å². The fourth-order valence-electron chi connectivity index (χ4n) is 1.43. The Morgan fingerprint density at radius 3 is 2.84 bits per heavy atom. The highest BCUT2D eigenvalue weighted by Crippen LogP contribution is 2.16. The second-order valence-electron chi connectivity index (χ2n) is 3.95. The van der Waals surface area contributed by atoms with E-state index in [0.29, 0.717) is 17.3 Å². The van der Waals surface area contributed by atoms with E-state index in [1.165, 1.54) is 6.20 Å². The van der Waals surface area contributed by atoms with Gasteiger partial charge in [0.05, 0.1) is 12.7 Å². The van der Waals surface area contributed by atoms with Crippen molar-refractivity contribution in [2.24, 2.45) is 0 Å². The van der Waals surface area contributed by atoms with Crippen molar-refractivity contribution in [1.82, 2.24) is 20.7 Å². The molecule has 100 valence electrons. The molecule has 0 bridgehead atoms. The van der Waals surface area contributed by atoms with Crippen molar-refractivity contribution < 1.29 is 9.53 Å². The summed E-state index contributed by atoms with van der Waals surface area (Å²) in [6.45, 7) is 2.23. The predicted molar refractivity (Wildman–Crippen MR) is 70.3 cm³/mol. The Labute approximate surface area is 115 Å². The zero-order valence-electron chi connectivity index (χ0n) is 10.3. The number of nitrogens with one attached hydrogen (secondary N) is 2. The number of amides is 1. The minimum absolute atomic E-state index is 0.169. The number of benzene rings is 1. The molecule has 1 amide bonds. The van der Waals surface area contributed by atoms with E-state index >= 15 is 0 Å². The maximum atomic E-state index is 11.6. The number of carbonyl (C=O) groups excluding carboxylic acids is 1. The summed E-state index contributed by atoms with van der Waals surface area (Å²) < 4.78 is 5.62. The lowest BCUT2D eigenvalue weighted by molar-refractivity contribution is 0.0927. The van der Waals surface area contributed by atoms with Crippen LogP contribution < -0.4 is 10.1 Å². The smallest absolute Gasteiger partial charge is 0.273 e. The lowest BCUT2D eigenvalue weighted by Crippen LogP contribution is -2.33. The topological polar surface area (TPSA) is 79.9 Å². The Hall–Kier alpha value is -2.08. The molecule has 0 saturated carbocycles. The molecule has 7 heteroatoms. The van der Waals surface area contributed by atoms with Crippen molar-refractivity contribution in [3.05, 3.63) is 41.2 Å². The Kier molecular flexibility index (Phi) is 4.35. The molecule has 1 aromatic carbocycles. The van der Waals surface area contributed by atoms with Gasteiger partial charge < -0.3 is 10.1 Å². The summed E-state index contributed by atoms with van der Waals surface area (Å²) in [6, 6.07) is 7.05. The molecule has 2 N–H and O–H groups in total. The second-order valence-corrected chi connectivity index (χ2v) is 4.38. The van der Waals surface area contributed by atoms with Crippen molar-refractivity contribution in [2.75, 3.05) is 6.54 Å². The van der Waals surface area contributed by atoms with Gasteiger partial charge in [-0.25, -0.2) is 0 Å². The summed E-state index contributed by atoms with van der Waals surface area (Å²) in [6.07, 6.45) is 1.19. The van der Waals surface area contributed by atoms with Crippen LogP contribution in [0.5, 0.6) is 5.75 Å². The third-order valence-electron chi connectivity index (χ3n) is 2.35. The number of hydrogen-bond donors (Lipinski definition) is 2. The molecule has 19 heavy (non-hydrogen) atoms. The molecule has 1 atom stereocenters. The van der Waals surface area contributed by atoms with Crippen LogP contribution in [0.1, 0.15) is 17.4 Å². The normalized spacial score (nSPS) is 11.9. The molecular weight excluding hydrogens is 268 g/mol. The van der Waals surface area contributed by atoms with Crippen molar-refractivity contribution >= 4 is 17.5 Å². The number of nitrogens with zero attached hydrogens (tertiary/aromatic N) is 2. The highest BCUT2D eigenvalue weighted by molar-refractivity contribution is 6.30. The first kappa shape index (κ1) is 13.4. The summed E-state index contributed by atoms with van der Waals surface area (Å²) in [7, 11) is 0. The van der Waals surface area contributed by atoms with E-state index in [1.807, 2.05) is 6.92 Å². The molecule has 2 rings (SSSR count). The van der Waals surface area contributed by atoms with Crippen LogP contribution in [0.2, 0.25) is 5.02 Å². The zero-order chi connectivity index (χ0) is 13.7. The van der Waals surface area contributed by atoms with Gasteiger partial charge in [-0.3, -0.25) is 4.79 Å². The molecule has 1 aromatic heterocycles. The molecule has 0 fully saturated rings. The van der Waals surface area contributed by atoms with E-state index in [1.54, 1.807) is 24.3 Å². The van der Waals surface area contributed by atoms with E-state index < -0.39 is 0 Å². The van der Waals surface area contributed by atoms with Crippen molar-refractivity contribution in [1.29, 1.82) is 0 Å². The summed E-state index contributed by atoms with van der Waals surface area (Å²) >= 11 is 5.78. The highest BCUT2D eigenvalue weighted by Gasteiger charge is 2.10. The van der Waals surface area contributed by atoms with Gasteiger partial charge in [0.2, 0.25) is 0 Å². The van der Waals surface area contributed by atoms with Gasteiger partial charge in [0, 0.05) is 5.02 Å². The second kappa shape index (κ2) is 6.19. The largest absolute Gasteiger partial charge is 0.489 e. The average Bonchev–Trinajstić information content (AvgIpc) is 2.93. The number of aromatic nitrogens is 3. The fourth-order valence-corrected chi connectivity index (χ4v) is 1.55. The van der Waals surface area contributed by atoms with Crippen LogP contribution in [0.4, 0.5) is 0 Å². The molecule has 0 saturated heterocycles. The van der Waals surface area contributed by atoms with Crippen LogP contribution in [-0.4, -0.2) is 34.0 Å². The molecule has 0 spiro atoms. The number of H-pyrrole nitrogens is 1. The van der Waals surface area contributed by atoms with Crippen LogP contribution >= 0.6 is 11.6 Å². The van der Waals surface area contributed by atoms with Gasteiger partial charge in [0.1, 0.15) is 11.9 Å². The molecule has 1 heterocycles. The molecule has 6 nitrogen and oxygen atoms in total. The summed E-state index contributed by atoms with van der Waals surface area (Å²) in [4.78, 5) is 11.6. The first-order chi connectivity index (χ1) is 9.15. The summed E-state index contributed by atoms with van der Waals surface area (Å²) in [5, 5.41) is 13.0. The van der Waals surface area contributed by atoms with E-state index in [2.05, 4.69) is 20.7 Å². The Morgan fingerprint density at radius 2 is 2.21 bits per heavy atom. The van der Waals surface area contributed by atoms with Crippen molar-refractivity contribution in [3.63, 3.8) is 0 Å². The zero-order valence-corrected chi connectivity index (χ0v) is 11.0. The predicted octanol–water partition coefficient (Wildman–Crippen LogP) is 1.66. The Balaban J connectivity index is 1.80. The molecule has 0 radical (unpaired) electrons. The van der Waals surface area contributed by atoms with E-state index in [-0.39, 0.29) is 17.7 Å². The number of rotatable bonds is 5. The van der Waals surface area contributed by atoms with E-state index in [0.717, 1.165) is 0 Å². The Morgan fingerprint density at radius 1 is 1.47 bits per heavy atom. The number of aromatic amines is 1. The molecule has 0 aliphatic carbocycles. The molecule has 0 unspecified atom stereocenters. The van der Waals surface area contributed by atoms with Crippen LogP contribution in [0.3, 0.4) is 0 Å². The van der Waals surface area contributed by atoms with Crippen LogP contribution in [0.25, 0.3) is 0 Å².